The highest BCUT2D eigenvalue weighted by Crippen LogP contribution is 2.17. The molecule has 0 unspecified atom stereocenters. The Morgan fingerprint density at radius 1 is 1.35 bits per heavy atom. The van der Waals surface area contributed by atoms with Crippen molar-refractivity contribution in [1.82, 2.24) is 14.5 Å². The third kappa shape index (κ3) is 2.91. The second-order valence-corrected chi connectivity index (χ2v) is 4.10. The number of pyridine rings is 1. The highest BCUT2D eigenvalue weighted by atomic mass is 15.1. The number of hydrogen-bond donors (Lipinski definition) is 1. The molecule has 0 bridgehead atoms. The van der Waals surface area contributed by atoms with Gasteiger partial charge in [0.05, 0.1) is 5.69 Å². The van der Waals surface area contributed by atoms with Crippen LogP contribution in [0.15, 0.2) is 30.7 Å². The number of nitrogens with two attached hydrogens (primary N) is 1. The van der Waals surface area contributed by atoms with Gasteiger partial charge in [-0.3, -0.25) is 4.98 Å². The summed E-state index contributed by atoms with van der Waals surface area (Å²) in [4.78, 5) is 8.66. The lowest BCUT2D eigenvalue weighted by molar-refractivity contribution is 0.602. The molecule has 0 aliphatic heterocycles. The Kier molecular flexibility index (Phi) is 3.88. The van der Waals surface area contributed by atoms with Crippen molar-refractivity contribution in [3.05, 3.63) is 36.5 Å². The molecule has 17 heavy (non-hydrogen) atoms. The summed E-state index contributed by atoms with van der Waals surface area (Å²) >= 11 is 0. The van der Waals surface area contributed by atoms with Crippen LogP contribution in [0.1, 0.15) is 18.7 Å². The molecule has 2 heterocycles. The lowest BCUT2D eigenvalue weighted by Gasteiger charge is -2.02. The zero-order valence-electron chi connectivity index (χ0n) is 10.1. The van der Waals surface area contributed by atoms with Crippen molar-refractivity contribution in [2.24, 2.45) is 5.73 Å². The van der Waals surface area contributed by atoms with Crippen molar-refractivity contribution >= 4 is 0 Å². The molecule has 0 saturated heterocycles. The van der Waals surface area contributed by atoms with Crippen molar-refractivity contribution in [1.29, 1.82) is 0 Å². The predicted octanol–water partition coefficient (Wildman–Crippen LogP) is 1.99. The van der Waals surface area contributed by atoms with Gasteiger partial charge < -0.3 is 10.3 Å². The molecule has 0 saturated carbocycles. The van der Waals surface area contributed by atoms with Crippen LogP contribution >= 0.6 is 0 Å². The van der Waals surface area contributed by atoms with Crippen molar-refractivity contribution in [2.45, 2.75) is 26.3 Å². The quantitative estimate of drug-likeness (QED) is 0.799. The van der Waals surface area contributed by atoms with Crippen LogP contribution in [0.25, 0.3) is 11.3 Å². The number of imidazole rings is 1. The number of rotatable bonds is 5. The highest BCUT2D eigenvalue weighted by Gasteiger charge is 2.05. The van der Waals surface area contributed by atoms with Crippen LogP contribution in [0, 0.1) is 6.92 Å². The summed E-state index contributed by atoms with van der Waals surface area (Å²) in [5.41, 5.74) is 7.55. The lowest BCUT2D eigenvalue weighted by atomic mass is 10.2. The maximum Gasteiger partial charge on any atom is 0.106 e. The Labute approximate surface area is 102 Å². The molecule has 2 aromatic rings. The minimum absolute atomic E-state index is 0.753. The first-order valence-corrected chi connectivity index (χ1v) is 5.95. The van der Waals surface area contributed by atoms with Crippen LogP contribution in [-0.4, -0.2) is 21.1 Å². The van der Waals surface area contributed by atoms with Gasteiger partial charge in [0.25, 0.3) is 0 Å². The van der Waals surface area contributed by atoms with Gasteiger partial charge in [-0.25, -0.2) is 4.98 Å². The van der Waals surface area contributed by atoms with Crippen LogP contribution in [0.3, 0.4) is 0 Å². The van der Waals surface area contributed by atoms with Gasteiger partial charge in [-0.15, -0.1) is 0 Å². The topological polar surface area (TPSA) is 56.7 Å². The summed E-state index contributed by atoms with van der Waals surface area (Å²) in [6.45, 7) is 3.77. The van der Waals surface area contributed by atoms with Crippen molar-refractivity contribution in [3.63, 3.8) is 0 Å². The second kappa shape index (κ2) is 5.59. The van der Waals surface area contributed by atoms with Gasteiger partial charge in [-0.2, -0.15) is 0 Å². The minimum Gasteiger partial charge on any atom is -0.335 e. The van der Waals surface area contributed by atoms with Crippen LogP contribution in [0.5, 0.6) is 0 Å². The van der Waals surface area contributed by atoms with E-state index < -0.39 is 0 Å². The summed E-state index contributed by atoms with van der Waals surface area (Å²) in [5, 5.41) is 0. The van der Waals surface area contributed by atoms with Crippen molar-refractivity contribution in [2.75, 3.05) is 6.54 Å². The zero-order valence-corrected chi connectivity index (χ0v) is 10.1. The molecule has 0 aliphatic carbocycles. The minimum atomic E-state index is 0.753. The number of nitrogens with zero attached hydrogens (tertiary/aromatic N) is 3. The Bertz CT molecular complexity index is 462. The summed E-state index contributed by atoms with van der Waals surface area (Å²) in [6.07, 6.45) is 7.85. The molecular formula is C13H18N4. The number of aromatic nitrogens is 3. The Balaban J connectivity index is 2.13. The van der Waals surface area contributed by atoms with Crippen molar-refractivity contribution < 1.29 is 0 Å². The van der Waals surface area contributed by atoms with Gasteiger partial charge in [0.15, 0.2) is 0 Å². The van der Waals surface area contributed by atoms with Gasteiger partial charge in [-0.1, -0.05) is 0 Å². The van der Waals surface area contributed by atoms with Gasteiger partial charge in [0.2, 0.25) is 0 Å². The molecule has 0 aliphatic rings. The fourth-order valence-electron chi connectivity index (χ4n) is 1.81. The molecule has 0 aromatic carbocycles. The molecule has 4 nitrogen and oxygen atoms in total. The van der Waals surface area contributed by atoms with Crippen LogP contribution in [-0.2, 0) is 6.54 Å². The van der Waals surface area contributed by atoms with E-state index in [2.05, 4.69) is 20.7 Å². The largest absolute Gasteiger partial charge is 0.335 e. The zero-order chi connectivity index (χ0) is 12.1. The van der Waals surface area contributed by atoms with E-state index in [1.165, 1.54) is 0 Å². The van der Waals surface area contributed by atoms with Crippen molar-refractivity contribution in [3.8, 4) is 11.3 Å². The normalized spacial score (nSPS) is 10.7. The molecule has 0 spiro atoms. The number of aryl methyl sites for hydroxylation is 2. The third-order valence-corrected chi connectivity index (χ3v) is 2.79. The van der Waals surface area contributed by atoms with Crippen LogP contribution < -0.4 is 5.73 Å². The fourth-order valence-corrected chi connectivity index (χ4v) is 1.81. The molecule has 0 fully saturated rings. The summed E-state index contributed by atoms with van der Waals surface area (Å²) < 4.78 is 2.18. The summed E-state index contributed by atoms with van der Waals surface area (Å²) in [6, 6.07) is 3.96. The highest BCUT2D eigenvalue weighted by molar-refractivity contribution is 5.56. The van der Waals surface area contributed by atoms with E-state index in [9.17, 15) is 0 Å². The van der Waals surface area contributed by atoms with E-state index in [0.717, 1.165) is 43.0 Å². The second-order valence-electron chi connectivity index (χ2n) is 4.10. The molecule has 2 N–H and O–H groups in total. The fraction of sp³-hybridized carbons (Fsp3) is 0.385. The molecule has 0 amide bonds. The Morgan fingerprint density at radius 2 is 2.24 bits per heavy atom. The van der Waals surface area contributed by atoms with Crippen LogP contribution in [0.2, 0.25) is 0 Å². The van der Waals surface area contributed by atoms with Gasteiger partial charge >= 0.3 is 0 Å². The summed E-state index contributed by atoms with van der Waals surface area (Å²) in [7, 11) is 0. The maximum atomic E-state index is 5.49. The van der Waals surface area contributed by atoms with E-state index in [1.54, 1.807) is 6.20 Å². The average molecular weight is 230 g/mol. The molecule has 2 rings (SSSR count). The number of hydrogen-bond acceptors (Lipinski definition) is 3. The molecule has 4 heteroatoms. The first-order chi connectivity index (χ1) is 8.31. The number of unbranched alkanes of at least 4 members (excludes halogenated alkanes) is 1. The molecular weight excluding hydrogens is 212 g/mol. The first-order valence-electron chi connectivity index (χ1n) is 5.95. The van der Waals surface area contributed by atoms with E-state index in [1.807, 2.05) is 25.3 Å². The van der Waals surface area contributed by atoms with Gasteiger partial charge in [0, 0.05) is 30.7 Å². The molecule has 2 aromatic heterocycles. The van der Waals surface area contributed by atoms with E-state index in [0.29, 0.717) is 0 Å². The average Bonchev–Trinajstić information content (AvgIpc) is 2.73. The van der Waals surface area contributed by atoms with Gasteiger partial charge in [0.1, 0.15) is 5.82 Å². The summed E-state index contributed by atoms with van der Waals surface area (Å²) in [5.74, 6) is 1.04. The monoisotopic (exact) mass is 230 g/mol. The smallest absolute Gasteiger partial charge is 0.106 e. The molecule has 0 atom stereocenters. The SMILES string of the molecule is Cc1nc(-c2cccnc2)cn1CCCCN. The predicted molar refractivity (Wildman–Crippen MR) is 68.5 cm³/mol. The third-order valence-electron chi connectivity index (χ3n) is 2.79. The standard InChI is InChI=1S/C13H18N4/c1-11-16-13(12-5-4-7-15-9-12)10-17(11)8-3-2-6-14/h4-5,7,9-10H,2-3,6,8,14H2,1H3. The van der Waals surface area contributed by atoms with E-state index in [4.69, 9.17) is 5.73 Å². The lowest BCUT2D eigenvalue weighted by Crippen LogP contribution is -2.03. The van der Waals surface area contributed by atoms with Crippen LogP contribution in [0.4, 0.5) is 0 Å². The van der Waals surface area contributed by atoms with Gasteiger partial charge in [-0.05, 0) is 38.4 Å². The van der Waals surface area contributed by atoms with E-state index in [-0.39, 0.29) is 0 Å². The Morgan fingerprint density at radius 3 is 2.94 bits per heavy atom. The Hall–Kier alpha value is -1.68. The molecule has 90 valence electrons. The first kappa shape index (κ1) is 11.8. The maximum absolute atomic E-state index is 5.49. The van der Waals surface area contributed by atoms with E-state index >= 15 is 0 Å². The molecule has 0 radical (unpaired) electrons.